The topological polar surface area (TPSA) is 84.9 Å². The molecule has 0 spiro atoms. The minimum Gasteiger partial charge on any atom is -0.476 e. The number of anilines is 2. The molecule has 0 aromatic heterocycles. The van der Waals surface area contributed by atoms with E-state index in [2.05, 4.69) is 5.32 Å². The lowest BCUT2D eigenvalue weighted by Crippen LogP contribution is -2.48. The van der Waals surface area contributed by atoms with Crippen molar-refractivity contribution in [2.45, 2.75) is 24.5 Å². The van der Waals surface area contributed by atoms with E-state index in [1.54, 1.807) is 67.8 Å². The SMILES string of the molecule is COCc1cccc(NC(=O)[C@H]2CN(S(=O)(=O)c3ccc(C)cc3)c3ccccc3O2)c1. The molecule has 0 fully saturated rings. The molecule has 1 amide bonds. The number of benzene rings is 3. The molecule has 1 heterocycles. The minimum absolute atomic E-state index is 0.142. The first-order chi connectivity index (χ1) is 15.4. The fraction of sp³-hybridized carbons (Fsp3) is 0.208. The number of nitrogens with zero attached hydrogens (tertiary/aromatic N) is 1. The molecule has 1 atom stereocenters. The van der Waals surface area contributed by atoms with Crippen LogP contribution in [-0.4, -0.2) is 34.1 Å². The van der Waals surface area contributed by atoms with E-state index < -0.39 is 22.0 Å². The van der Waals surface area contributed by atoms with Crippen molar-refractivity contribution in [2.24, 2.45) is 0 Å². The summed E-state index contributed by atoms with van der Waals surface area (Å²) in [6.45, 7) is 2.17. The predicted molar refractivity (Wildman–Crippen MR) is 122 cm³/mol. The molecule has 0 aliphatic carbocycles. The van der Waals surface area contributed by atoms with Crippen molar-refractivity contribution >= 4 is 27.3 Å². The number of sulfonamides is 1. The zero-order valence-corrected chi connectivity index (χ0v) is 18.6. The summed E-state index contributed by atoms with van der Waals surface area (Å²) in [5.74, 6) is -0.0964. The Morgan fingerprint density at radius 3 is 2.59 bits per heavy atom. The van der Waals surface area contributed by atoms with E-state index in [4.69, 9.17) is 9.47 Å². The molecule has 0 radical (unpaired) electrons. The molecule has 1 aliphatic heterocycles. The van der Waals surface area contributed by atoms with Crippen molar-refractivity contribution in [1.82, 2.24) is 0 Å². The summed E-state index contributed by atoms with van der Waals surface area (Å²) in [6.07, 6.45) is -1.02. The number of rotatable bonds is 6. The van der Waals surface area contributed by atoms with E-state index in [9.17, 15) is 13.2 Å². The number of fused-ring (bicyclic) bond motifs is 1. The van der Waals surface area contributed by atoms with E-state index in [1.165, 1.54) is 4.31 Å². The van der Waals surface area contributed by atoms with E-state index in [-0.39, 0.29) is 11.4 Å². The van der Waals surface area contributed by atoms with E-state index >= 15 is 0 Å². The van der Waals surface area contributed by atoms with Crippen molar-refractivity contribution in [3.63, 3.8) is 0 Å². The zero-order chi connectivity index (χ0) is 22.7. The van der Waals surface area contributed by atoms with Crippen molar-refractivity contribution in [2.75, 3.05) is 23.3 Å². The third-order valence-corrected chi connectivity index (χ3v) is 6.94. The van der Waals surface area contributed by atoms with Crippen LogP contribution in [0.25, 0.3) is 0 Å². The van der Waals surface area contributed by atoms with Crippen molar-refractivity contribution in [3.8, 4) is 5.75 Å². The molecule has 0 bridgehead atoms. The van der Waals surface area contributed by atoms with Gasteiger partial charge >= 0.3 is 0 Å². The van der Waals surface area contributed by atoms with Gasteiger partial charge in [-0.2, -0.15) is 0 Å². The highest BCUT2D eigenvalue weighted by Gasteiger charge is 2.37. The third-order valence-electron chi connectivity index (χ3n) is 5.14. The van der Waals surface area contributed by atoms with Gasteiger partial charge in [0.1, 0.15) is 5.75 Å². The lowest BCUT2D eigenvalue weighted by Gasteiger charge is -2.34. The van der Waals surface area contributed by atoms with Crippen LogP contribution < -0.4 is 14.4 Å². The van der Waals surface area contributed by atoms with Gasteiger partial charge in [-0.1, -0.05) is 42.0 Å². The third kappa shape index (κ3) is 4.46. The van der Waals surface area contributed by atoms with E-state index in [0.717, 1.165) is 11.1 Å². The zero-order valence-electron chi connectivity index (χ0n) is 17.8. The average Bonchev–Trinajstić information content (AvgIpc) is 2.79. The molecule has 0 saturated heterocycles. The van der Waals surface area contributed by atoms with Gasteiger partial charge in [-0.15, -0.1) is 0 Å². The molecular weight excluding hydrogens is 428 g/mol. The fourth-order valence-electron chi connectivity index (χ4n) is 3.53. The van der Waals surface area contributed by atoms with Gasteiger partial charge in [0.05, 0.1) is 23.7 Å². The monoisotopic (exact) mass is 452 g/mol. The maximum atomic E-state index is 13.4. The second-order valence-corrected chi connectivity index (χ2v) is 9.41. The summed E-state index contributed by atoms with van der Waals surface area (Å²) in [5, 5.41) is 2.82. The number of hydrogen-bond acceptors (Lipinski definition) is 5. The molecule has 3 aromatic rings. The minimum atomic E-state index is -3.89. The molecule has 32 heavy (non-hydrogen) atoms. The number of methoxy groups -OCH3 is 1. The smallest absolute Gasteiger partial charge is 0.267 e. The number of amides is 1. The second kappa shape index (κ2) is 9.02. The Morgan fingerprint density at radius 2 is 1.84 bits per heavy atom. The van der Waals surface area contributed by atoms with Crippen LogP contribution in [0.5, 0.6) is 5.75 Å². The Morgan fingerprint density at radius 1 is 1.09 bits per heavy atom. The Labute approximate surface area is 187 Å². The highest BCUT2D eigenvalue weighted by molar-refractivity contribution is 7.92. The average molecular weight is 453 g/mol. The summed E-state index contributed by atoms with van der Waals surface area (Å²) >= 11 is 0. The van der Waals surface area contributed by atoms with Gasteiger partial charge in [-0.3, -0.25) is 9.10 Å². The van der Waals surface area contributed by atoms with E-state index in [0.29, 0.717) is 23.7 Å². The molecule has 4 rings (SSSR count). The van der Waals surface area contributed by atoms with Crippen LogP contribution >= 0.6 is 0 Å². The number of ether oxygens (including phenoxy) is 2. The Balaban J connectivity index is 1.63. The van der Waals surface area contributed by atoms with Crippen LogP contribution in [0.3, 0.4) is 0 Å². The van der Waals surface area contributed by atoms with Crippen molar-refractivity contribution < 1.29 is 22.7 Å². The van der Waals surface area contributed by atoms with Gasteiger partial charge < -0.3 is 14.8 Å². The normalized spacial score (nSPS) is 15.6. The first kappa shape index (κ1) is 21.9. The molecule has 1 aliphatic rings. The molecule has 8 heteroatoms. The highest BCUT2D eigenvalue weighted by Crippen LogP contribution is 2.37. The summed E-state index contributed by atoms with van der Waals surface area (Å²) in [5.41, 5.74) is 2.85. The van der Waals surface area contributed by atoms with Gasteiger partial charge in [0, 0.05) is 12.8 Å². The van der Waals surface area contributed by atoms with Crippen molar-refractivity contribution in [1.29, 1.82) is 0 Å². The number of aryl methyl sites for hydroxylation is 1. The molecule has 7 nitrogen and oxygen atoms in total. The molecule has 166 valence electrons. The quantitative estimate of drug-likeness (QED) is 0.616. The fourth-order valence-corrected chi connectivity index (χ4v) is 5.01. The van der Waals surface area contributed by atoms with Crippen LogP contribution in [-0.2, 0) is 26.2 Å². The molecule has 1 N–H and O–H groups in total. The first-order valence-corrected chi connectivity index (χ1v) is 11.6. The van der Waals surface area contributed by atoms with Gasteiger partial charge in [0.15, 0.2) is 6.10 Å². The number of hydrogen-bond donors (Lipinski definition) is 1. The van der Waals surface area contributed by atoms with Crippen LogP contribution in [0.1, 0.15) is 11.1 Å². The molecule has 0 unspecified atom stereocenters. The van der Waals surface area contributed by atoms with Crippen LogP contribution in [0.15, 0.2) is 77.7 Å². The number of carbonyl (C=O) groups is 1. The molecular formula is C24H24N2O5S. The Bertz CT molecular complexity index is 1230. The summed E-state index contributed by atoms with van der Waals surface area (Å²) in [7, 11) is -2.29. The lowest BCUT2D eigenvalue weighted by atomic mass is 10.2. The number of nitrogens with one attached hydrogen (secondary N) is 1. The highest BCUT2D eigenvalue weighted by atomic mass is 32.2. The van der Waals surface area contributed by atoms with Gasteiger partial charge in [-0.25, -0.2) is 8.42 Å². The molecule has 3 aromatic carbocycles. The maximum Gasteiger partial charge on any atom is 0.267 e. The van der Waals surface area contributed by atoms with Crippen LogP contribution in [0.4, 0.5) is 11.4 Å². The Kier molecular flexibility index (Phi) is 6.16. The van der Waals surface area contributed by atoms with Crippen LogP contribution in [0.2, 0.25) is 0 Å². The van der Waals surface area contributed by atoms with Crippen molar-refractivity contribution in [3.05, 3.63) is 83.9 Å². The standard InChI is InChI=1S/C24H24N2O5S/c1-17-10-12-20(13-11-17)32(28,29)26-15-23(31-22-9-4-3-8-21(22)26)24(27)25-19-7-5-6-18(14-19)16-30-2/h3-14,23H,15-16H2,1-2H3,(H,25,27)/t23-/m1/s1. The largest absolute Gasteiger partial charge is 0.476 e. The summed E-state index contributed by atoms with van der Waals surface area (Å²) < 4.78 is 39.1. The van der Waals surface area contributed by atoms with Gasteiger partial charge in [0.2, 0.25) is 0 Å². The van der Waals surface area contributed by atoms with Crippen LogP contribution in [0, 0.1) is 6.92 Å². The van der Waals surface area contributed by atoms with Gasteiger partial charge in [0.25, 0.3) is 15.9 Å². The Hall–Kier alpha value is -3.36. The molecule has 0 saturated carbocycles. The summed E-state index contributed by atoms with van der Waals surface area (Å²) in [6, 6.07) is 20.7. The van der Waals surface area contributed by atoms with E-state index in [1.807, 2.05) is 19.1 Å². The van der Waals surface area contributed by atoms with Gasteiger partial charge in [-0.05, 0) is 48.9 Å². The lowest BCUT2D eigenvalue weighted by molar-refractivity contribution is -0.122. The number of para-hydroxylation sites is 2. The number of carbonyl (C=O) groups excluding carboxylic acids is 1. The maximum absolute atomic E-state index is 13.4. The first-order valence-electron chi connectivity index (χ1n) is 10.1. The summed E-state index contributed by atoms with van der Waals surface area (Å²) in [4.78, 5) is 13.2. The predicted octanol–water partition coefficient (Wildman–Crippen LogP) is 3.74. The second-order valence-electron chi connectivity index (χ2n) is 7.55.